The number of benzene rings is 1. The fourth-order valence-corrected chi connectivity index (χ4v) is 1.88. The van der Waals surface area contributed by atoms with Gasteiger partial charge in [0.15, 0.2) is 0 Å². The predicted molar refractivity (Wildman–Crippen MR) is 66.3 cm³/mol. The van der Waals surface area contributed by atoms with Crippen molar-refractivity contribution in [3.05, 3.63) is 47.2 Å². The summed E-state index contributed by atoms with van der Waals surface area (Å²) in [5, 5.41) is 4.30. The van der Waals surface area contributed by atoms with Crippen molar-refractivity contribution in [3.63, 3.8) is 0 Å². The largest absolute Gasteiger partial charge is 0.382 e. The predicted octanol–water partition coefficient (Wildman–Crippen LogP) is 2.38. The minimum atomic E-state index is 0.601. The van der Waals surface area contributed by atoms with E-state index in [0.29, 0.717) is 5.82 Å². The van der Waals surface area contributed by atoms with Crippen LogP contribution in [0, 0.1) is 6.92 Å². The van der Waals surface area contributed by atoms with Gasteiger partial charge in [0.1, 0.15) is 5.82 Å². The molecule has 0 aliphatic rings. The first-order chi connectivity index (χ1) is 7.69. The standard InChI is InChI=1S/C13H17N3/c1-3-12-8-13(14)15-16(12)9-11-6-4-5-10(2)7-11/h4-8H,3,9H2,1-2H3,(H2,14,15). The Balaban J connectivity index is 2.26. The summed E-state index contributed by atoms with van der Waals surface area (Å²) in [5.41, 5.74) is 9.42. The molecule has 84 valence electrons. The van der Waals surface area contributed by atoms with Crippen molar-refractivity contribution < 1.29 is 0 Å². The van der Waals surface area contributed by atoms with Crippen LogP contribution < -0.4 is 5.73 Å². The molecule has 3 nitrogen and oxygen atoms in total. The molecular formula is C13H17N3. The topological polar surface area (TPSA) is 43.8 Å². The highest BCUT2D eigenvalue weighted by molar-refractivity contribution is 5.30. The first kappa shape index (κ1) is 10.7. The van der Waals surface area contributed by atoms with Crippen molar-refractivity contribution in [2.24, 2.45) is 0 Å². The van der Waals surface area contributed by atoms with E-state index in [-0.39, 0.29) is 0 Å². The minimum absolute atomic E-state index is 0.601. The van der Waals surface area contributed by atoms with Gasteiger partial charge in [-0.1, -0.05) is 36.8 Å². The number of hydrogen-bond donors (Lipinski definition) is 1. The van der Waals surface area contributed by atoms with E-state index in [1.54, 1.807) is 0 Å². The van der Waals surface area contributed by atoms with Crippen LogP contribution >= 0.6 is 0 Å². The Morgan fingerprint density at radius 1 is 1.31 bits per heavy atom. The number of rotatable bonds is 3. The molecule has 16 heavy (non-hydrogen) atoms. The summed E-state index contributed by atoms with van der Waals surface area (Å²) < 4.78 is 1.98. The molecule has 2 rings (SSSR count). The Kier molecular flexibility index (Phi) is 2.95. The van der Waals surface area contributed by atoms with Crippen LogP contribution in [-0.2, 0) is 13.0 Å². The molecule has 2 aromatic rings. The maximum atomic E-state index is 5.71. The van der Waals surface area contributed by atoms with Crippen LogP contribution in [0.4, 0.5) is 5.82 Å². The highest BCUT2D eigenvalue weighted by atomic mass is 15.3. The highest BCUT2D eigenvalue weighted by Crippen LogP contribution is 2.11. The lowest BCUT2D eigenvalue weighted by atomic mass is 10.1. The van der Waals surface area contributed by atoms with Gasteiger partial charge in [-0.2, -0.15) is 5.10 Å². The molecule has 0 aliphatic heterocycles. The molecule has 0 fully saturated rings. The zero-order valence-corrected chi connectivity index (χ0v) is 9.77. The average molecular weight is 215 g/mol. The second-order valence-corrected chi connectivity index (χ2v) is 4.06. The Hall–Kier alpha value is -1.77. The average Bonchev–Trinajstić information content (AvgIpc) is 2.59. The van der Waals surface area contributed by atoms with E-state index in [9.17, 15) is 0 Å². The van der Waals surface area contributed by atoms with Crippen molar-refractivity contribution in [2.45, 2.75) is 26.8 Å². The highest BCUT2D eigenvalue weighted by Gasteiger charge is 2.04. The van der Waals surface area contributed by atoms with Crippen LogP contribution in [0.2, 0.25) is 0 Å². The molecule has 1 aromatic carbocycles. The molecule has 0 spiro atoms. The van der Waals surface area contributed by atoms with E-state index < -0.39 is 0 Å². The number of aryl methyl sites for hydroxylation is 2. The second-order valence-electron chi connectivity index (χ2n) is 4.06. The maximum Gasteiger partial charge on any atom is 0.145 e. The van der Waals surface area contributed by atoms with Gasteiger partial charge in [-0.25, -0.2) is 0 Å². The molecule has 0 saturated carbocycles. The Morgan fingerprint density at radius 2 is 2.12 bits per heavy atom. The van der Waals surface area contributed by atoms with Crippen molar-refractivity contribution in [2.75, 3.05) is 5.73 Å². The molecule has 0 amide bonds. The second kappa shape index (κ2) is 4.39. The van der Waals surface area contributed by atoms with Gasteiger partial charge in [-0.15, -0.1) is 0 Å². The van der Waals surface area contributed by atoms with E-state index in [1.165, 1.54) is 16.8 Å². The SMILES string of the molecule is CCc1cc(N)nn1Cc1cccc(C)c1. The van der Waals surface area contributed by atoms with Gasteiger partial charge in [0, 0.05) is 11.8 Å². The molecule has 0 aliphatic carbocycles. The van der Waals surface area contributed by atoms with Crippen molar-refractivity contribution in [1.82, 2.24) is 9.78 Å². The van der Waals surface area contributed by atoms with Crippen LogP contribution in [0.1, 0.15) is 23.7 Å². The lowest BCUT2D eigenvalue weighted by Gasteiger charge is -2.06. The lowest BCUT2D eigenvalue weighted by Crippen LogP contribution is -2.06. The minimum Gasteiger partial charge on any atom is -0.382 e. The van der Waals surface area contributed by atoms with Gasteiger partial charge in [0.25, 0.3) is 0 Å². The van der Waals surface area contributed by atoms with E-state index in [4.69, 9.17) is 5.73 Å². The zero-order valence-electron chi connectivity index (χ0n) is 9.77. The fraction of sp³-hybridized carbons (Fsp3) is 0.308. The molecule has 0 atom stereocenters. The summed E-state index contributed by atoms with van der Waals surface area (Å²) in [5.74, 6) is 0.601. The van der Waals surface area contributed by atoms with Gasteiger partial charge < -0.3 is 5.73 Å². The number of aromatic nitrogens is 2. The van der Waals surface area contributed by atoms with E-state index in [1.807, 2.05) is 10.7 Å². The summed E-state index contributed by atoms with van der Waals surface area (Å²) in [6.45, 7) is 5.01. The van der Waals surface area contributed by atoms with Crippen molar-refractivity contribution in [3.8, 4) is 0 Å². The Labute approximate surface area is 95.9 Å². The molecule has 0 saturated heterocycles. The van der Waals surface area contributed by atoms with Crippen molar-refractivity contribution in [1.29, 1.82) is 0 Å². The normalized spacial score (nSPS) is 10.6. The van der Waals surface area contributed by atoms with Crippen molar-refractivity contribution >= 4 is 5.82 Å². The smallest absolute Gasteiger partial charge is 0.145 e. The Bertz CT molecular complexity index is 486. The van der Waals surface area contributed by atoms with Crippen LogP contribution in [0.5, 0.6) is 0 Å². The molecule has 0 bridgehead atoms. The third kappa shape index (κ3) is 2.24. The summed E-state index contributed by atoms with van der Waals surface area (Å²) in [6.07, 6.45) is 0.954. The van der Waals surface area contributed by atoms with Gasteiger partial charge in [-0.3, -0.25) is 4.68 Å². The van der Waals surface area contributed by atoms with E-state index in [2.05, 4.69) is 43.2 Å². The van der Waals surface area contributed by atoms with Crippen LogP contribution in [0.15, 0.2) is 30.3 Å². The number of anilines is 1. The summed E-state index contributed by atoms with van der Waals surface area (Å²) >= 11 is 0. The molecule has 0 radical (unpaired) electrons. The van der Waals surface area contributed by atoms with Gasteiger partial charge >= 0.3 is 0 Å². The molecule has 1 aromatic heterocycles. The first-order valence-corrected chi connectivity index (χ1v) is 5.57. The molecular weight excluding hydrogens is 198 g/mol. The fourth-order valence-electron chi connectivity index (χ4n) is 1.88. The maximum absolute atomic E-state index is 5.71. The number of hydrogen-bond acceptors (Lipinski definition) is 2. The third-order valence-corrected chi connectivity index (χ3v) is 2.66. The summed E-state index contributed by atoms with van der Waals surface area (Å²) in [7, 11) is 0. The number of nitrogens with zero attached hydrogens (tertiary/aromatic N) is 2. The number of nitrogens with two attached hydrogens (primary N) is 1. The lowest BCUT2D eigenvalue weighted by molar-refractivity contribution is 0.652. The molecule has 0 unspecified atom stereocenters. The molecule has 1 heterocycles. The van der Waals surface area contributed by atoms with E-state index in [0.717, 1.165) is 13.0 Å². The first-order valence-electron chi connectivity index (χ1n) is 5.57. The van der Waals surface area contributed by atoms with Crippen LogP contribution in [-0.4, -0.2) is 9.78 Å². The molecule has 2 N–H and O–H groups in total. The van der Waals surface area contributed by atoms with E-state index >= 15 is 0 Å². The molecule has 3 heteroatoms. The third-order valence-electron chi connectivity index (χ3n) is 2.66. The van der Waals surface area contributed by atoms with Gasteiger partial charge in [0.2, 0.25) is 0 Å². The van der Waals surface area contributed by atoms with Crippen LogP contribution in [0.3, 0.4) is 0 Å². The zero-order chi connectivity index (χ0) is 11.5. The Morgan fingerprint density at radius 3 is 2.81 bits per heavy atom. The monoisotopic (exact) mass is 215 g/mol. The number of nitrogen functional groups attached to an aromatic ring is 1. The quantitative estimate of drug-likeness (QED) is 0.854. The summed E-state index contributed by atoms with van der Waals surface area (Å²) in [6, 6.07) is 10.4. The van der Waals surface area contributed by atoms with Crippen LogP contribution in [0.25, 0.3) is 0 Å². The van der Waals surface area contributed by atoms with Gasteiger partial charge in [-0.05, 0) is 18.9 Å². The van der Waals surface area contributed by atoms with Gasteiger partial charge in [0.05, 0.1) is 6.54 Å². The summed E-state index contributed by atoms with van der Waals surface area (Å²) in [4.78, 5) is 0.